The molecule has 2 rings (SSSR count). The second-order valence-electron chi connectivity index (χ2n) is 6.41. The summed E-state index contributed by atoms with van der Waals surface area (Å²) in [6.45, 7) is 5.74. The summed E-state index contributed by atoms with van der Waals surface area (Å²) in [7, 11) is 0. The fraction of sp³-hybridized carbons (Fsp3) is 0.600. The number of rotatable bonds is 4. The van der Waals surface area contributed by atoms with Gasteiger partial charge >= 0.3 is 11.9 Å². The lowest BCUT2D eigenvalue weighted by Crippen LogP contribution is -2.47. The number of carboxylic acids is 1. The summed E-state index contributed by atoms with van der Waals surface area (Å²) in [5.74, 6) is -1.70. The molecule has 1 aromatic heterocycles. The van der Waals surface area contributed by atoms with Crippen molar-refractivity contribution >= 4 is 11.9 Å². The number of furan rings is 1. The summed E-state index contributed by atoms with van der Waals surface area (Å²) in [5.41, 5.74) is 5.51. The van der Waals surface area contributed by atoms with Crippen molar-refractivity contribution in [2.24, 2.45) is 11.7 Å². The number of esters is 1. The fourth-order valence-electron chi connectivity index (χ4n) is 2.65. The molecule has 1 aliphatic rings. The van der Waals surface area contributed by atoms with Crippen LogP contribution in [0.15, 0.2) is 22.8 Å². The van der Waals surface area contributed by atoms with Crippen LogP contribution in [-0.2, 0) is 14.3 Å². The highest BCUT2D eigenvalue weighted by atomic mass is 16.6. The second kappa shape index (κ2) is 6.10. The zero-order chi connectivity index (χ0) is 16.5. The zero-order valence-electron chi connectivity index (χ0n) is 13.0. The first-order valence-electron chi connectivity index (χ1n) is 7.21. The van der Waals surface area contributed by atoms with Crippen molar-refractivity contribution in [3.63, 3.8) is 0 Å². The van der Waals surface area contributed by atoms with Crippen LogP contribution in [0.4, 0.5) is 0 Å². The molecule has 1 aromatic rings. The van der Waals surface area contributed by atoms with E-state index in [2.05, 4.69) is 0 Å². The number of hydrogen-bond acceptors (Lipinski definition) is 6. The second-order valence-corrected chi connectivity index (χ2v) is 6.41. The summed E-state index contributed by atoms with van der Waals surface area (Å²) in [6.07, 6.45) is 1.15. The Labute approximate surface area is 129 Å². The molecular weight excluding hydrogens is 288 g/mol. The number of hydrogen-bond donors (Lipinski definition) is 2. The van der Waals surface area contributed by atoms with E-state index in [1.54, 1.807) is 37.8 Å². The molecule has 2 heterocycles. The number of nitrogens with two attached hydrogens (primary N) is 1. The van der Waals surface area contributed by atoms with E-state index in [0.717, 1.165) is 0 Å². The van der Waals surface area contributed by atoms with Gasteiger partial charge in [-0.15, -0.1) is 0 Å². The molecule has 0 bridgehead atoms. The van der Waals surface area contributed by atoms with Gasteiger partial charge in [0.15, 0.2) is 6.04 Å². The number of carbonyl (C=O) groups is 2. The standard InChI is InChI=1S/C15H22N2O5/c1-15(2,3)22-14(20)9-6-7-17(12(9)16)11(13(18)19)10-5-4-8-21-10/h4-5,8-9,11-12H,6-7,16H2,1-3H3,(H,18,19)/t9-,11+,12-/m1/s1. The van der Waals surface area contributed by atoms with Crippen molar-refractivity contribution in [1.29, 1.82) is 0 Å². The Morgan fingerprint density at radius 3 is 2.68 bits per heavy atom. The molecule has 1 aliphatic heterocycles. The van der Waals surface area contributed by atoms with Gasteiger partial charge in [-0.1, -0.05) is 0 Å². The molecule has 0 unspecified atom stereocenters. The Kier molecular flexibility index (Phi) is 4.58. The van der Waals surface area contributed by atoms with Gasteiger partial charge in [0.2, 0.25) is 0 Å². The van der Waals surface area contributed by atoms with E-state index in [1.807, 2.05) is 0 Å². The SMILES string of the molecule is CC(C)(C)OC(=O)[C@@H]1CCN([C@H](C(=O)O)c2ccco2)[C@H]1N. The summed E-state index contributed by atoms with van der Waals surface area (Å²) in [6, 6.07) is 2.21. The summed E-state index contributed by atoms with van der Waals surface area (Å²) in [5, 5.41) is 9.46. The summed E-state index contributed by atoms with van der Waals surface area (Å²) < 4.78 is 10.6. The van der Waals surface area contributed by atoms with Gasteiger partial charge in [0.25, 0.3) is 0 Å². The first kappa shape index (κ1) is 16.5. The Hall–Kier alpha value is -1.86. The molecule has 3 atom stereocenters. The molecule has 1 fully saturated rings. The highest BCUT2D eigenvalue weighted by Crippen LogP contribution is 2.32. The van der Waals surface area contributed by atoms with Crippen molar-refractivity contribution in [2.45, 2.75) is 45.0 Å². The minimum atomic E-state index is -1.06. The van der Waals surface area contributed by atoms with Crippen molar-refractivity contribution in [3.05, 3.63) is 24.2 Å². The fourth-order valence-corrected chi connectivity index (χ4v) is 2.65. The molecule has 22 heavy (non-hydrogen) atoms. The molecule has 3 N–H and O–H groups in total. The third-order valence-corrected chi connectivity index (χ3v) is 3.58. The monoisotopic (exact) mass is 310 g/mol. The van der Waals surface area contributed by atoms with E-state index in [9.17, 15) is 14.7 Å². The van der Waals surface area contributed by atoms with E-state index in [0.29, 0.717) is 18.7 Å². The third kappa shape index (κ3) is 3.48. The Morgan fingerprint density at radius 2 is 2.18 bits per heavy atom. The number of carboxylic acid groups (broad SMARTS) is 1. The lowest BCUT2D eigenvalue weighted by Gasteiger charge is -2.29. The zero-order valence-corrected chi connectivity index (χ0v) is 13.0. The lowest BCUT2D eigenvalue weighted by molar-refractivity contribution is -0.161. The average molecular weight is 310 g/mol. The van der Waals surface area contributed by atoms with Crippen LogP contribution in [0, 0.1) is 5.92 Å². The molecule has 0 amide bonds. The molecule has 0 aromatic carbocycles. The van der Waals surface area contributed by atoms with Crippen LogP contribution in [-0.4, -0.2) is 40.3 Å². The largest absolute Gasteiger partial charge is 0.480 e. The number of nitrogens with zero attached hydrogens (tertiary/aromatic N) is 1. The number of likely N-dealkylation sites (tertiary alicyclic amines) is 1. The molecule has 1 saturated heterocycles. The quantitative estimate of drug-likeness (QED) is 0.808. The van der Waals surface area contributed by atoms with Crippen LogP contribution in [0.3, 0.4) is 0 Å². The predicted octanol–water partition coefficient (Wildman–Crippen LogP) is 1.35. The van der Waals surface area contributed by atoms with E-state index < -0.39 is 35.7 Å². The molecule has 0 radical (unpaired) electrons. The average Bonchev–Trinajstić information content (AvgIpc) is 2.99. The first-order chi connectivity index (χ1) is 10.2. The maximum absolute atomic E-state index is 12.2. The van der Waals surface area contributed by atoms with E-state index in [4.69, 9.17) is 14.9 Å². The summed E-state index contributed by atoms with van der Waals surface area (Å²) in [4.78, 5) is 25.3. The smallest absolute Gasteiger partial charge is 0.328 e. The van der Waals surface area contributed by atoms with E-state index >= 15 is 0 Å². The minimum absolute atomic E-state index is 0.299. The highest BCUT2D eigenvalue weighted by Gasteiger charge is 2.44. The van der Waals surface area contributed by atoms with Gasteiger partial charge in [-0.05, 0) is 39.3 Å². The van der Waals surface area contributed by atoms with Gasteiger partial charge in [0.05, 0.1) is 18.3 Å². The third-order valence-electron chi connectivity index (χ3n) is 3.58. The van der Waals surface area contributed by atoms with Gasteiger partial charge in [-0.3, -0.25) is 14.5 Å². The topological polar surface area (TPSA) is 106 Å². The van der Waals surface area contributed by atoms with Crippen LogP contribution in [0.5, 0.6) is 0 Å². The number of aliphatic carboxylic acids is 1. The van der Waals surface area contributed by atoms with Gasteiger partial charge in [0, 0.05) is 6.54 Å². The van der Waals surface area contributed by atoms with Crippen LogP contribution >= 0.6 is 0 Å². The van der Waals surface area contributed by atoms with Gasteiger partial charge < -0.3 is 20.0 Å². The van der Waals surface area contributed by atoms with Crippen LogP contribution in [0.1, 0.15) is 39.0 Å². The Balaban J connectivity index is 2.14. The van der Waals surface area contributed by atoms with Crippen LogP contribution in [0.25, 0.3) is 0 Å². The van der Waals surface area contributed by atoms with Crippen LogP contribution < -0.4 is 5.73 Å². The number of carbonyl (C=O) groups excluding carboxylic acids is 1. The van der Waals surface area contributed by atoms with E-state index in [1.165, 1.54) is 6.26 Å². The number of ether oxygens (including phenoxy) is 1. The predicted molar refractivity (Wildman–Crippen MR) is 77.7 cm³/mol. The van der Waals surface area contributed by atoms with Crippen molar-refractivity contribution in [2.75, 3.05) is 6.54 Å². The molecule has 0 aliphatic carbocycles. The highest BCUT2D eigenvalue weighted by molar-refractivity contribution is 5.76. The lowest BCUT2D eigenvalue weighted by atomic mass is 10.1. The van der Waals surface area contributed by atoms with Crippen LogP contribution in [0.2, 0.25) is 0 Å². The maximum Gasteiger partial charge on any atom is 0.328 e. The summed E-state index contributed by atoms with van der Waals surface area (Å²) >= 11 is 0. The van der Waals surface area contributed by atoms with Crippen molar-refractivity contribution in [1.82, 2.24) is 4.90 Å². The normalized spacial score (nSPS) is 24.2. The first-order valence-corrected chi connectivity index (χ1v) is 7.21. The van der Waals surface area contributed by atoms with Gasteiger partial charge in [-0.25, -0.2) is 0 Å². The minimum Gasteiger partial charge on any atom is -0.480 e. The van der Waals surface area contributed by atoms with Crippen molar-refractivity contribution in [3.8, 4) is 0 Å². The Morgan fingerprint density at radius 1 is 1.50 bits per heavy atom. The van der Waals surface area contributed by atoms with Gasteiger partial charge in [-0.2, -0.15) is 0 Å². The molecule has 122 valence electrons. The molecule has 7 heteroatoms. The van der Waals surface area contributed by atoms with Gasteiger partial charge in [0.1, 0.15) is 11.4 Å². The molecule has 7 nitrogen and oxygen atoms in total. The molecule has 0 spiro atoms. The molecule has 0 saturated carbocycles. The maximum atomic E-state index is 12.2. The Bertz CT molecular complexity index is 535. The van der Waals surface area contributed by atoms with Crippen molar-refractivity contribution < 1.29 is 23.8 Å². The molecular formula is C15H22N2O5. The van der Waals surface area contributed by atoms with E-state index in [-0.39, 0.29) is 0 Å².